The van der Waals surface area contributed by atoms with E-state index in [1.54, 1.807) is 12.4 Å². The Morgan fingerprint density at radius 1 is 1.30 bits per heavy atom. The van der Waals surface area contributed by atoms with E-state index in [1.807, 2.05) is 12.1 Å². The summed E-state index contributed by atoms with van der Waals surface area (Å²) in [5, 5.41) is 15.8. The molecule has 2 N–H and O–H groups in total. The monoisotopic (exact) mass is 364 g/mol. The van der Waals surface area contributed by atoms with Gasteiger partial charge in [0.05, 0.1) is 11.3 Å². The molecule has 2 saturated heterocycles. The number of nitrogens with zero attached hydrogens (tertiary/aromatic N) is 4. The molecule has 1 amide bonds. The Balaban J connectivity index is 1.54. The summed E-state index contributed by atoms with van der Waals surface area (Å²) < 4.78 is 0. The number of benzene rings is 1. The van der Waals surface area contributed by atoms with Gasteiger partial charge in [-0.05, 0) is 43.5 Å². The molecule has 2 aliphatic heterocycles. The summed E-state index contributed by atoms with van der Waals surface area (Å²) in [5.74, 6) is 1.07. The molecule has 27 heavy (non-hydrogen) atoms. The fraction of sp³-hybridized carbons (Fsp3) is 0.500. The largest absolute Gasteiger partial charge is 0.367 e. The number of hydrogen-bond donors (Lipinski definition) is 2. The van der Waals surface area contributed by atoms with Gasteiger partial charge in [-0.3, -0.25) is 14.8 Å². The summed E-state index contributed by atoms with van der Waals surface area (Å²) in [4.78, 5) is 23.5. The van der Waals surface area contributed by atoms with E-state index in [0.29, 0.717) is 29.3 Å². The number of carbonyl (C=O) groups is 1. The first kappa shape index (κ1) is 17.7. The molecule has 0 bridgehead atoms. The van der Waals surface area contributed by atoms with Crippen molar-refractivity contribution in [3.05, 3.63) is 30.1 Å². The fourth-order valence-electron chi connectivity index (χ4n) is 4.08. The van der Waals surface area contributed by atoms with E-state index in [-0.39, 0.29) is 11.9 Å². The number of nitriles is 1. The van der Waals surface area contributed by atoms with Crippen LogP contribution in [0.3, 0.4) is 0 Å². The summed E-state index contributed by atoms with van der Waals surface area (Å²) in [5.41, 5.74) is 2.89. The van der Waals surface area contributed by atoms with E-state index >= 15 is 0 Å². The van der Waals surface area contributed by atoms with Gasteiger partial charge in [-0.1, -0.05) is 6.92 Å². The maximum Gasteiger partial charge on any atom is 0.220 e. The average Bonchev–Trinajstić information content (AvgIpc) is 2.63. The number of nitrogens with one attached hydrogen (secondary N) is 2. The smallest absolute Gasteiger partial charge is 0.220 e. The molecule has 0 spiro atoms. The third-order valence-corrected chi connectivity index (χ3v) is 5.43. The molecule has 2 atom stereocenters. The molecule has 2 aromatic rings. The molecule has 4 rings (SSSR count). The van der Waals surface area contributed by atoms with E-state index in [9.17, 15) is 10.1 Å². The van der Waals surface area contributed by atoms with Gasteiger partial charge in [0, 0.05) is 37.9 Å². The van der Waals surface area contributed by atoms with Crippen LogP contribution in [0, 0.1) is 23.2 Å². The summed E-state index contributed by atoms with van der Waals surface area (Å²) in [6.45, 7) is 5.73. The Morgan fingerprint density at radius 2 is 2.07 bits per heavy atom. The summed E-state index contributed by atoms with van der Waals surface area (Å²) in [7, 11) is 0. The van der Waals surface area contributed by atoms with Crippen molar-refractivity contribution in [1.29, 1.82) is 5.26 Å². The van der Waals surface area contributed by atoms with Crippen molar-refractivity contribution in [2.24, 2.45) is 11.8 Å². The van der Waals surface area contributed by atoms with Crippen LogP contribution in [-0.4, -0.2) is 48.1 Å². The van der Waals surface area contributed by atoms with Gasteiger partial charge in [-0.25, -0.2) is 0 Å². The van der Waals surface area contributed by atoms with Crippen molar-refractivity contribution < 1.29 is 4.79 Å². The van der Waals surface area contributed by atoms with Crippen LogP contribution in [0.4, 0.5) is 5.69 Å². The van der Waals surface area contributed by atoms with Gasteiger partial charge in [-0.2, -0.15) is 5.26 Å². The van der Waals surface area contributed by atoms with E-state index in [2.05, 4.69) is 38.5 Å². The molecular formula is C20H24N6O. The molecular weight excluding hydrogens is 340 g/mol. The molecule has 3 heterocycles. The molecule has 2 fully saturated rings. The maximum atomic E-state index is 12.3. The number of carbonyl (C=O) groups excluding carboxylic acids is 1. The van der Waals surface area contributed by atoms with Crippen LogP contribution in [-0.2, 0) is 4.79 Å². The van der Waals surface area contributed by atoms with Gasteiger partial charge in [-0.15, -0.1) is 0 Å². The zero-order chi connectivity index (χ0) is 18.8. The van der Waals surface area contributed by atoms with Gasteiger partial charge in [0.15, 0.2) is 0 Å². The number of amides is 1. The average molecular weight is 364 g/mol. The fourth-order valence-corrected chi connectivity index (χ4v) is 4.08. The van der Waals surface area contributed by atoms with E-state index in [1.165, 1.54) is 0 Å². The molecule has 1 aromatic heterocycles. The predicted molar refractivity (Wildman–Crippen MR) is 103 cm³/mol. The zero-order valence-corrected chi connectivity index (χ0v) is 15.5. The van der Waals surface area contributed by atoms with Crippen molar-refractivity contribution in [3.63, 3.8) is 0 Å². The van der Waals surface area contributed by atoms with Crippen LogP contribution in [0.2, 0.25) is 0 Å². The Labute approximate surface area is 158 Å². The van der Waals surface area contributed by atoms with Crippen LogP contribution in [0.25, 0.3) is 11.0 Å². The van der Waals surface area contributed by atoms with Gasteiger partial charge in [0.25, 0.3) is 0 Å². The number of piperidine rings is 1. The Hall–Kier alpha value is -2.72. The molecule has 0 aliphatic carbocycles. The molecule has 7 heteroatoms. The first-order valence-corrected chi connectivity index (χ1v) is 9.53. The highest BCUT2D eigenvalue weighted by molar-refractivity contribution is 5.92. The molecule has 1 aromatic carbocycles. The third kappa shape index (κ3) is 3.71. The highest BCUT2D eigenvalue weighted by Crippen LogP contribution is 2.30. The Bertz CT molecular complexity index is 888. The lowest BCUT2D eigenvalue weighted by Gasteiger charge is -2.39. The van der Waals surface area contributed by atoms with Crippen LogP contribution < -0.4 is 15.5 Å². The van der Waals surface area contributed by atoms with Gasteiger partial charge in [0.1, 0.15) is 17.1 Å². The van der Waals surface area contributed by atoms with E-state index in [0.717, 1.165) is 43.8 Å². The highest BCUT2D eigenvalue weighted by Gasteiger charge is 2.29. The summed E-state index contributed by atoms with van der Waals surface area (Å²) in [6.07, 6.45) is 4.85. The second kappa shape index (κ2) is 7.49. The quantitative estimate of drug-likeness (QED) is 0.853. The minimum atomic E-state index is 0.122. The number of aromatic nitrogens is 2. The summed E-state index contributed by atoms with van der Waals surface area (Å²) >= 11 is 0. The molecule has 0 radical (unpaired) electrons. The second-order valence-electron chi connectivity index (χ2n) is 7.74. The third-order valence-electron chi connectivity index (χ3n) is 5.43. The number of fused-ring (bicyclic) bond motifs is 1. The Kier molecular flexibility index (Phi) is 4.90. The second-order valence-corrected chi connectivity index (χ2v) is 7.74. The van der Waals surface area contributed by atoms with Gasteiger partial charge in [0.2, 0.25) is 5.91 Å². The maximum absolute atomic E-state index is 12.3. The topological polar surface area (TPSA) is 93.9 Å². The van der Waals surface area contributed by atoms with Crippen molar-refractivity contribution >= 4 is 22.6 Å². The standard InChI is InChI=1S/C20H24N6O/c1-13-6-16(25-18(27)7-14-9-22-10-14)12-26(11-13)17-3-2-15(8-21)19-20(17)24-5-4-23-19/h2-5,13-14,16,22H,6-7,9-12H2,1H3,(H,25,27). The van der Waals surface area contributed by atoms with E-state index in [4.69, 9.17) is 0 Å². The van der Waals surface area contributed by atoms with Crippen molar-refractivity contribution in [1.82, 2.24) is 20.6 Å². The van der Waals surface area contributed by atoms with Gasteiger partial charge >= 0.3 is 0 Å². The Morgan fingerprint density at radius 3 is 2.78 bits per heavy atom. The van der Waals surface area contributed by atoms with Crippen LogP contribution >= 0.6 is 0 Å². The lowest BCUT2D eigenvalue weighted by atomic mass is 9.94. The molecule has 7 nitrogen and oxygen atoms in total. The van der Waals surface area contributed by atoms with Crippen molar-refractivity contribution in [3.8, 4) is 6.07 Å². The SMILES string of the molecule is CC1CC(NC(=O)CC2CNC2)CN(c2ccc(C#N)c3nccnc23)C1. The summed E-state index contributed by atoms with van der Waals surface area (Å²) in [6, 6.07) is 6.07. The number of rotatable bonds is 4. The van der Waals surface area contributed by atoms with Crippen LogP contribution in [0.1, 0.15) is 25.3 Å². The van der Waals surface area contributed by atoms with Crippen molar-refractivity contribution in [2.45, 2.75) is 25.8 Å². The van der Waals surface area contributed by atoms with Gasteiger partial charge < -0.3 is 15.5 Å². The highest BCUT2D eigenvalue weighted by atomic mass is 16.1. The lowest BCUT2D eigenvalue weighted by molar-refractivity contribution is -0.123. The predicted octanol–water partition coefficient (Wildman–Crippen LogP) is 1.44. The minimum absolute atomic E-state index is 0.122. The molecule has 2 aliphatic rings. The van der Waals surface area contributed by atoms with Crippen LogP contribution in [0.15, 0.2) is 24.5 Å². The van der Waals surface area contributed by atoms with Crippen molar-refractivity contribution in [2.75, 3.05) is 31.1 Å². The zero-order valence-electron chi connectivity index (χ0n) is 15.5. The normalized spacial score (nSPS) is 22.9. The van der Waals surface area contributed by atoms with E-state index < -0.39 is 0 Å². The molecule has 140 valence electrons. The molecule has 0 saturated carbocycles. The van der Waals surface area contributed by atoms with Crippen LogP contribution in [0.5, 0.6) is 0 Å². The number of anilines is 1. The first-order chi connectivity index (χ1) is 13.1. The lowest BCUT2D eigenvalue weighted by Crippen LogP contribution is -2.52. The minimum Gasteiger partial charge on any atom is -0.367 e. The first-order valence-electron chi connectivity index (χ1n) is 9.53. The molecule has 2 unspecified atom stereocenters. The number of hydrogen-bond acceptors (Lipinski definition) is 6.